The van der Waals surface area contributed by atoms with Crippen molar-refractivity contribution in [1.82, 2.24) is 0 Å². The first-order valence-corrected chi connectivity index (χ1v) is 4.75. The third-order valence-electron chi connectivity index (χ3n) is 1.71. The molecule has 0 atom stereocenters. The lowest BCUT2D eigenvalue weighted by atomic mass is 10.3. The van der Waals surface area contributed by atoms with E-state index in [9.17, 15) is 14.9 Å². The standard InChI is InChI=1S/C10H11NO5/c1-2-4-10(12)16-15-9-6-3-5-8(7-9)11(13)14/h3,5-7H,2,4H2,1H3. The van der Waals surface area contributed by atoms with Crippen LogP contribution in [-0.2, 0) is 9.68 Å². The molecular formula is C10H11NO5. The summed E-state index contributed by atoms with van der Waals surface area (Å²) in [6, 6.07) is 5.41. The molecule has 0 aliphatic heterocycles. The van der Waals surface area contributed by atoms with E-state index in [0.29, 0.717) is 6.42 Å². The molecule has 0 aliphatic rings. The maximum atomic E-state index is 11.0. The van der Waals surface area contributed by atoms with Gasteiger partial charge in [-0.25, -0.2) is 4.79 Å². The van der Waals surface area contributed by atoms with Crippen molar-refractivity contribution < 1.29 is 19.5 Å². The Morgan fingerprint density at radius 1 is 1.50 bits per heavy atom. The van der Waals surface area contributed by atoms with E-state index in [1.165, 1.54) is 24.3 Å². The molecule has 0 spiro atoms. The number of benzene rings is 1. The lowest BCUT2D eigenvalue weighted by Crippen LogP contribution is -2.07. The highest BCUT2D eigenvalue weighted by atomic mass is 17.2. The van der Waals surface area contributed by atoms with Gasteiger partial charge >= 0.3 is 5.97 Å². The topological polar surface area (TPSA) is 78.7 Å². The van der Waals surface area contributed by atoms with Crippen LogP contribution in [0, 0.1) is 10.1 Å². The van der Waals surface area contributed by atoms with Crippen LogP contribution in [0.4, 0.5) is 5.69 Å². The van der Waals surface area contributed by atoms with Crippen LogP contribution in [0.2, 0.25) is 0 Å². The smallest absolute Gasteiger partial charge is 0.287 e. The van der Waals surface area contributed by atoms with Gasteiger partial charge in [0.05, 0.1) is 11.0 Å². The van der Waals surface area contributed by atoms with Crippen molar-refractivity contribution in [2.75, 3.05) is 0 Å². The summed E-state index contributed by atoms with van der Waals surface area (Å²) >= 11 is 0. The molecule has 1 aromatic carbocycles. The number of carbonyl (C=O) groups excluding carboxylic acids is 1. The third-order valence-corrected chi connectivity index (χ3v) is 1.71. The van der Waals surface area contributed by atoms with Gasteiger partial charge in [-0.15, -0.1) is 0 Å². The lowest BCUT2D eigenvalue weighted by molar-refractivity contribution is -0.385. The van der Waals surface area contributed by atoms with Gasteiger partial charge in [0.1, 0.15) is 0 Å². The van der Waals surface area contributed by atoms with Gasteiger partial charge < -0.3 is 0 Å². The van der Waals surface area contributed by atoms with Gasteiger partial charge in [0.2, 0.25) is 0 Å². The molecule has 16 heavy (non-hydrogen) atoms. The molecule has 0 unspecified atom stereocenters. The maximum absolute atomic E-state index is 11.0. The number of nitro benzene ring substituents is 1. The fraction of sp³-hybridized carbons (Fsp3) is 0.300. The normalized spacial score (nSPS) is 9.56. The second-order valence-electron chi connectivity index (χ2n) is 3.04. The Morgan fingerprint density at radius 2 is 2.25 bits per heavy atom. The maximum Gasteiger partial charge on any atom is 0.355 e. The fourth-order valence-electron chi connectivity index (χ4n) is 0.989. The van der Waals surface area contributed by atoms with Crippen LogP contribution in [-0.4, -0.2) is 10.9 Å². The number of nitro groups is 1. The summed E-state index contributed by atoms with van der Waals surface area (Å²) in [6.07, 6.45) is 0.895. The van der Waals surface area contributed by atoms with E-state index in [1.807, 2.05) is 6.92 Å². The molecule has 1 rings (SSSR count). The van der Waals surface area contributed by atoms with Gasteiger partial charge in [0, 0.05) is 12.5 Å². The summed E-state index contributed by atoms with van der Waals surface area (Å²) in [5, 5.41) is 10.4. The zero-order valence-corrected chi connectivity index (χ0v) is 8.71. The molecule has 0 saturated carbocycles. The molecule has 1 aromatic rings. The molecule has 0 heterocycles. The van der Waals surface area contributed by atoms with Gasteiger partial charge in [-0.2, -0.15) is 0 Å². The second-order valence-corrected chi connectivity index (χ2v) is 3.04. The predicted molar refractivity (Wildman–Crippen MR) is 54.7 cm³/mol. The zero-order chi connectivity index (χ0) is 12.0. The van der Waals surface area contributed by atoms with Gasteiger partial charge in [-0.05, 0) is 12.5 Å². The highest BCUT2D eigenvalue weighted by molar-refractivity contribution is 5.68. The van der Waals surface area contributed by atoms with Crippen molar-refractivity contribution in [3.05, 3.63) is 34.4 Å². The van der Waals surface area contributed by atoms with Crippen LogP contribution in [0.25, 0.3) is 0 Å². The van der Waals surface area contributed by atoms with Crippen LogP contribution < -0.4 is 4.89 Å². The highest BCUT2D eigenvalue weighted by Crippen LogP contribution is 2.19. The Bertz CT molecular complexity index is 391. The Balaban J connectivity index is 2.57. The molecule has 0 N–H and O–H groups in total. The van der Waals surface area contributed by atoms with E-state index >= 15 is 0 Å². The van der Waals surface area contributed by atoms with Gasteiger partial charge in [-0.3, -0.25) is 19.9 Å². The molecule has 0 aromatic heterocycles. The van der Waals surface area contributed by atoms with Gasteiger partial charge in [-0.1, -0.05) is 13.0 Å². The molecule has 0 fully saturated rings. The first-order chi connectivity index (χ1) is 7.63. The molecule has 6 nitrogen and oxygen atoms in total. The summed E-state index contributed by atoms with van der Waals surface area (Å²) in [5.41, 5.74) is -0.121. The Morgan fingerprint density at radius 3 is 2.88 bits per heavy atom. The SMILES string of the molecule is CCCC(=O)OOc1cccc([N+](=O)[O-])c1. The van der Waals surface area contributed by atoms with Crippen molar-refractivity contribution in [3.8, 4) is 5.75 Å². The molecule has 0 amide bonds. The minimum absolute atomic E-state index is 0.121. The largest absolute Gasteiger partial charge is 0.355 e. The summed E-state index contributed by atoms with van der Waals surface area (Å²) in [4.78, 5) is 29.9. The summed E-state index contributed by atoms with van der Waals surface area (Å²) in [5.74, 6) is -0.382. The van der Waals surface area contributed by atoms with E-state index < -0.39 is 10.9 Å². The average Bonchev–Trinajstić information content (AvgIpc) is 2.27. The highest BCUT2D eigenvalue weighted by Gasteiger charge is 2.08. The van der Waals surface area contributed by atoms with E-state index in [0.717, 1.165) is 0 Å². The summed E-state index contributed by atoms with van der Waals surface area (Å²) in [7, 11) is 0. The lowest BCUT2D eigenvalue weighted by Gasteiger charge is -2.02. The molecule has 0 aliphatic carbocycles. The Kier molecular flexibility index (Phi) is 4.26. The molecule has 0 saturated heterocycles. The van der Waals surface area contributed by atoms with Crippen LogP contribution in [0.1, 0.15) is 19.8 Å². The zero-order valence-electron chi connectivity index (χ0n) is 8.71. The minimum atomic E-state index is -0.555. The third kappa shape index (κ3) is 3.56. The van der Waals surface area contributed by atoms with E-state index in [2.05, 4.69) is 9.78 Å². The Hall–Kier alpha value is -2.11. The van der Waals surface area contributed by atoms with Crippen LogP contribution in [0.5, 0.6) is 5.75 Å². The fourth-order valence-corrected chi connectivity index (χ4v) is 0.989. The van der Waals surface area contributed by atoms with Crippen LogP contribution in [0.3, 0.4) is 0 Å². The van der Waals surface area contributed by atoms with Gasteiger partial charge in [0.25, 0.3) is 5.69 Å². The van der Waals surface area contributed by atoms with Crippen LogP contribution >= 0.6 is 0 Å². The van der Waals surface area contributed by atoms with Crippen molar-refractivity contribution in [2.24, 2.45) is 0 Å². The van der Waals surface area contributed by atoms with E-state index in [-0.39, 0.29) is 17.9 Å². The van der Waals surface area contributed by atoms with Crippen molar-refractivity contribution in [2.45, 2.75) is 19.8 Å². The number of hydrogen-bond donors (Lipinski definition) is 0. The number of hydrogen-bond acceptors (Lipinski definition) is 5. The average molecular weight is 225 g/mol. The van der Waals surface area contributed by atoms with Crippen molar-refractivity contribution in [3.63, 3.8) is 0 Å². The van der Waals surface area contributed by atoms with Gasteiger partial charge in [0.15, 0.2) is 5.75 Å². The summed E-state index contributed by atoms with van der Waals surface area (Å²) in [6.45, 7) is 1.83. The van der Waals surface area contributed by atoms with Crippen molar-refractivity contribution >= 4 is 11.7 Å². The predicted octanol–water partition coefficient (Wildman–Crippen LogP) is 2.23. The number of carbonyl (C=O) groups is 1. The number of non-ortho nitro benzene ring substituents is 1. The number of nitrogens with zero attached hydrogens (tertiary/aromatic N) is 1. The van der Waals surface area contributed by atoms with Crippen LogP contribution in [0.15, 0.2) is 24.3 Å². The molecular weight excluding hydrogens is 214 g/mol. The summed E-state index contributed by atoms with van der Waals surface area (Å²) < 4.78 is 0. The van der Waals surface area contributed by atoms with E-state index in [1.54, 1.807) is 0 Å². The molecule has 0 bridgehead atoms. The number of rotatable bonds is 5. The van der Waals surface area contributed by atoms with E-state index in [4.69, 9.17) is 0 Å². The Labute approximate surface area is 91.9 Å². The molecule has 0 radical (unpaired) electrons. The molecule has 86 valence electrons. The quantitative estimate of drug-likeness (QED) is 0.436. The van der Waals surface area contributed by atoms with Crippen molar-refractivity contribution in [1.29, 1.82) is 0 Å². The first kappa shape index (κ1) is 12.0. The molecule has 6 heteroatoms. The second kappa shape index (κ2) is 5.69. The minimum Gasteiger partial charge on any atom is -0.287 e. The monoisotopic (exact) mass is 225 g/mol. The first-order valence-electron chi connectivity index (χ1n) is 4.75.